The number of rotatable bonds is 3. The molecular formula is C14H12O4S2. The van der Waals surface area contributed by atoms with Crippen LogP contribution in [0.15, 0.2) is 47.5 Å². The molecular weight excluding hydrogens is 296 g/mol. The van der Waals surface area contributed by atoms with E-state index in [9.17, 15) is 8.42 Å². The Morgan fingerprint density at radius 3 is 2.70 bits per heavy atom. The van der Waals surface area contributed by atoms with Crippen LogP contribution in [0.5, 0.6) is 5.75 Å². The monoisotopic (exact) mass is 308 g/mol. The Bertz CT molecular complexity index is 758. The minimum Gasteiger partial charge on any atom is -0.452 e. The summed E-state index contributed by atoms with van der Waals surface area (Å²) < 4.78 is 33.8. The fourth-order valence-corrected chi connectivity index (χ4v) is 3.24. The molecule has 20 heavy (non-hydrogen) atoms. The Morgan fingerprint density at radius 1 is 1.20 bits per heavy atom. The third-order valence-corrected chi connectivity index (χ3v) is 4.16. The summed E-state index contributed by atoms with van der Waals surface area (Å²) in [6, 6.07) is 11.3. The molecule has 104 valence electrons. The zero-order valence-electron chi connectivity index (χ0n) is 10.7. The molecule has 4 nitrogen and oxygen atoms in total. The summed E-state index contributed by atoms with van der Waals surface area (Å²) >= 11 is 1.48. The number of thiophene rings is 1. The van der Waals surface area contributed by atoms with Gasteiger partial charge in [0.2, 0.25) is 0 Å². The van der Waals surface area contributed by atoms with Gasteiger partial charge in [-0.25, -0.2) is 0 Å². The van der Waals surface area contributed by atoms with Gasteiger partial charge in [-0.2, -0.15) is 8.42 Å². The van der Waals surface area contributed by atoms with Crippen molar-refractivity contribution in [1.82, 2.24) is 0 Å². The van der Waals surface area contributed by atoms with Crippen LogP contribution in [0.3, 0.4) is 0 Å². The molecule has 1 aromatic heterocycles. The molecule has 0 unspecified atom stereocenters. The van der Waals surface area contributed by atoms with Crippen molar-refractivity contribution in [3.63, 3.8) is 0 Å². The lowest BCUT2D eigenvalue weighted by atomic mass is 10.1. The second kappa shape index (κ2) is 4.96. The predicted octanol–water partition coefficient (Wildman–Crippen LogP) is 3.03. The SMILES string of the molecule is CS(=O)(=O)OC1=C(c2cccs2)Oc2ccccc2C1. The molecule has 3 rings (SSSR count). The maximum absolute atomic E-state index is 11.4. The highest BCUT2D eigenvalue weighted by Gasteiger charge is 2.25. The Labute approximate surface area is 121 Å². The van der Waals surface area contributed by atoms with Crippen molar-refractivity contribution in [3.05, 3.63) is 58.0 Å². The van der Waals surface area contributed by atoms with E-state index in [1.807, 2.05) is 41.8 Å². The van der Waals surface area contributed by atoms with E-state index in [1.165, 1.54) is 11.3 Å². The first kappa shape index (κ1) is 13.2. The highest BCUT2D eigenvalue weighted by atomic mass is 32.2. The Morgan fingerprint density at radius 2 is 2.00 bits per heavy atom. The average molecular weight is 308 g/mol. The maximum Gasteiger partial charge on any atom is 0.306 e. The molecule has 0 amide bonds. The highest BCUT2D eigenvalue weighted by molar-refractivity contribution is 7.86. The van der Waals surface area contributed by atoms with E-state index in [-0.39, 0.29) is 0 Å². The summed E-state index contributed by atoms with van der Waals surface area (Å²) in [5.41, 5.74) is 0.909. The number of allylic oxidation sites excluding steroid dienone is 1. The molecule has 6 heteroatoms. The van der Waals surface area contributed by atoms with Crippen molar-refractivity contribution in [1.29, 1.82) is 0 Å². The molecule has 0 aliphatic carbocycles. The van der Waals surface area contributed by atoms with E-state index in [4.69, 9.17) is 8.92 Å². The summed E-state index contributed by atoms with van der Waals surface area (Å²) in [6.07, 6.45) is 1.43. The fourth-order valence-electron chi connectivity index (χ4n) is 2.02. The second-order valence-electron chi connectivity index (χ2n) is 4.40. The summed E-state index contributed by atoms with van der Waals surface area (Å²) in [5, 5.41) is 1.91. The predicted molar refractivity (Wildman–Crippen MR) is 77.9 cm³/mol. The molecule has 1 aliphatic rings. The summed E-state index contributed by atoms with van der Waals surface area (Å²) in [4.78, 5) is 0.846. The molecule has 1 aromatic carbocycles. The minimum atomic E-state index is -3.58. The van der Waals surface area contributed by atoms with Crippen LogP contribution < -0.4 is 4.74 Å². The van der Waals surface area contributed by atoms with Crippen LogP contribution >= 0.6 is 11.3 Å². The minimum absolute atomic E-state index is 0.327. The van der Waals surface area contributed by atoms with Crippen LogP contribution in [0.25, 0.3) is 5.76 Å². The largest absolute Gasteiger partial charge is 0.452 e. The first-order valence-corrected chi connectivity index (χ1v) is 8.65. The molecule has 0 spiro atoms. The quantitative estimate of drug-likeness (QED) is 0.818. The van der Waals surface area contributed by atoms with Gasteiger partial charge in [-0.3, -0.25) is 0 Å². The standard InChI is InChI=1S/C14H12O4S2/c1-20(15,16)18-12-9-10-5-2-3-6-11(10)17-14(12)13-7-4-8-19-13/h2-8H,9H2,1H3. The van der Waals surface area contributed by atoms with Gasteiger partial charge >= 0.3 is 10.1 Å². The Kier molecular flexibility index (Phi) is 3.27. The third-order valence-electron chi connectivity index (χ3n) is 2.79. The summed E-state index contributed by atoms with van der Waals surface area (Å²) in [6.45, 7) is 0. The highest BCUT2D eigenvalue weighted by Crippen LogP contribution is 2.36. The number of hydrogen-bond donors (Lipinski definition) is 0. The Hall–Kier alpha value is -1.79. The molecule has 0 saturated carbocycles. The number of benzene rings is 1. The molecule has 2 aromatic rings. The zero-order chi connectivity index (χ0) is 14.2. The number of ether oxygens (including phenoxy) is 1. The van der Waals surface area contributed by atoms with Crippen LogP contribution in [-0.2, 0) is 20.7 Å². The van der Waals surface area contributed by atoms with Gasteiger partial charge < -0.3 is 8.92 Å². The van der Waals surface area contributed by atoms with Gasteiger partial charge in [0.25, 0.3) is 0 Å². The lowest BCUT2D eigenvalue weighted by molar-refractivity contribution is 0.370. The molecule has 2 heterocycles. The van der Waals surface area contributed by atoms with Crippen molar-refractivity contribution >= 4 is 27.2 Å². The van der Waals surface area contributed by atoms with Crippen LogP contribution in [0.2, 0.25) is 0 Å². The molecule has 0 saturated heterocycles. The van der Waals surface area contributed by atoms with Crippen LogP contribution in [0.1, 0.15) is 10.4 Å². The van der Waals surface area contributed by atoms with Gasteiger partial charge in [-0.15, -0.1) is 11.3 Å². The zero-order valence-corrected chi connectivity index (χ0v) is 12.3. The van der Waals surface area contributed by atoms with Crippen molar-refractivity contribution in [3.8, 4) is 5.75 Å². The maximum atomic E-state index is 11.4. The van der Waals surface area contributed by atoms with Crippen molar-refractivity contribution < 1.29 is 17.3 Å². The molecule has 0 atom stereocenters. The third kappa shape index (κ3) is 2.71. The lowest BCUT2D eigenvalue weighted by Gasteiger charge is -2.22. The van der Waals surface area contributed by atoms with Crippen LogP contribution in [0, 0.1) is 0 Å². The number of para-hydroxylation sites is 1. The molecule has 1 aliphatic heterocycles. The second-order valence-corrected chi connectivity index (χ2v) is 6.93. The van der Waals surface area contributed by atoms with Gasteiger partial charge in [0.15, 0.2) is 11.5 Å². The lowest BCUT2D eigenvalue weighted by Crippen LogP contribution is -2.14. The van der Waals surface area contributed by atoms with Crippen LogP contribution in [0.4, 0.5) is 0 Å². The molecule has 0 bridgehead atoms. The van der Waals surface area contributed by atoms with E-state index in [0.717, 1.165) is 22.4 Å². The van der Waals surface area contributed by atoms with Crippen molar-refractivity contribution in [2.24, 2.45) is 0 Å². The summed E-state index contributed by atoms with van der Waals surface area (Å²) in [5.74, 6) is 1.54. The van der Waals surface area contributed by atoms with Crippen molar-refractivity contribution in [2.45, 2.75) is 6.42 Å². The van der Waals surface area contributed by atoms with Crippen LogP contribution in [-0.4, -0.2) is 14.7 Å². The smallest absolute Gasteiger partial charge is 0.306 e. The van der Waals surface area contributed by atoms with Gasteiger partial charge in [-0.05, 0) is 17.5 Å². The topological polar surface area (TPSA) is 52.6 Å². The van der Waals surface area contributed by atoms with E-state index in [1.54, 1.807) is 0 Å². The van der Waals surface area contributed by atoms with Crippen molar-refractivity contribution in [2.75, 3.05) is 6.26 Å². The first-order valence-electron chi connectivity index (χ1n) is 5.95. The number of hydrogen-bond acceptors (Lipinski definition) is 5. The van der Waals surface area contributed by atoms with Gasteiger partial charge in [-0.1, -0.05) is 24.3 Å². The van der Waals surface area contributed by atoms with E-state index >= 15 is 0 Å². The Balaban J connectivity index is 2.08. The van der Waals surface area contributed by atoms with Gasteiger partial charge in [0.05, 0.1) is 11.1 Å². The molecule has 0 radical (unpaired) electrons. The van der Waals surface area contributed by atoms with Gasteiger partial charge in [0.1, 0.15) is 5.75 Å². The number of fused-ring (bicyclic) bond motifs is 1. The average Bonchev–Trinajstić information content (AvgIpc) is 2.89. The first-order chi connectivity index (χ1) is 9.53. The van der Waals surface area contributed by atoms with E-state index < -0.39 is 10.1 Å². The fraction of sp³-hybridized carbons (Fsp3) is 0.143. The van der Waals surface area contributed by atoms with Gasteiger partial charge in [0, 0.05) is 12.0 Å². The normalized spacial score (nSPS) is 14.7. The molecule has 0 fully saturated rings. The van der Waals surface area contributed by atoms with E-state index in [0.29, 0.717) is 17.9 Å². The molecule has 0 N–H and O–H groups in total. The van der Waals surface area contributed by atoms with E-state index in [2.05, 4.69) is 0 Å². The summed E-state index contributed by atoms with van der Waals surface area (Å²) in [7, 11) is -3.58.